The van der Waals surface area contributed by atoms with Crippen molar-refractivity contribution in [2.75, 3.05) is 18.0 Å². The van der Waals surface area contributed by atoms with E-state index in [-0.39, 0.29) is 17.8 Å². The second-order valence-corrected chi connectivity index (χ2v) is 8.60. The molecule has 4 aromatic rings. The standard InChI is InChI=1S/C22H17Cl2F3N6O/c23-14-5-6-17-18(11-14)33-20(29-30-21(33)22(25,26)27)19(28-17)32-9-7-15(8-10-32)31-34-12-13-3-1-2-4-16(13)24/h1-6,11H,7-10,12H2. The molecule has 0 radical (unpaired) electrons. The summed E-state index contributed by atoms with van der Waals surface area (Å²) in [6, 6.07) is 12.0. The topological polar surface area (TPSA) is 67.9 Å². The fraction of sp³-hybridized carbons (Fsp3) is 0.273. The Hall–Kier alpha value is -3.11. The molecule has 1 aliphatic heterocycles. The van der Waals surface area contributed by atoms with Gasteiger partial charge in [-0.2, -0.15) is 13.2 Å². The number of piperidine rings is 1. The molecular formula is C22H17Cl2F3N6O. The zero-order valence-corrected chi connectivity index (χ0v) is 19.1. The molecule has 0 aliphatic carbocycles. The molecular weight excluding hydrogens is 492 g/mol. The molecule has 176 valence electrons. The van der Waals surface area contributed by atoms with E-state index in [1.54, 1.807) is 18.2 Å². The van der Waals surface area contributed by atoms with E-state index in [2.05, 4.69) is 20.3 Å². The van der Waals surface area contributed by atoms with Gasteiger partial charge in [0.25, 0.3) is 0 Å². The molecule has 1 fully saturated rings. The smallest absolute Gasteiger partial charge is 0.391 e. The summed E-state index contributed by atoms with van der Waals surface area (Å²) in [6.45, 7) is 1.23. The predicted molar refractivity (Wildman–Crippen MR) is 123 cm³/mol. The van der Waals surface area contributed by atoms with Gasteiger partial charge in [0.1, 0.15) is 6.61 Å². The van der Waals surface area contributed by atoms with Crippen molar-refractivity contribution in [2.45, 2.75) is 25.6 Å². The number of benzene rings is 2. The lowest BCUT2D eigenvalue weighted by Gasteiger charge is -2.28. The Bertz CT molecular complexity index is 1390. The van der Waals surface area contributed by atoms with Gasteiger partial charge in [0.2, 0.25) is 11.5 Å². The van der Waals surface area contributed by atoms with Crippen molar-refractivity contribution in [1.29, 1.82) is 0 Å². The van der Waals surface area contributed by atoms with Crippen LogP contribution in [0.3, 0.4) is 0 Å². The molecule has 3 heterocycles. The molecule has 1 saturated heterocycles. The molecule has 0 saturated carbocycles. The van der Waals surface area contributed by atoms with Crippen molar-refractivity contribution in [3.63, 3.8) is 0 Å². The Morgan fingerprint density at radius 1 is 1.03 bits per heavy atom. The summed E-state index contributed by atoms with van der Waals surface area (Å²) >= 11 is 12.2. The Morgan fingerprint density at radius 3 is 2.53 bits per heavy atom. The lowest BCUT2D eigenvalue weighted by Crippen LogP contribution is -2.35. The molecule has 0 amide bonds. The molecule has 12 heteroatoms. The second-order valence-electron chi connectivity index (χ2n) is 7.76. The number of rotatable bonds is 4. The summed E-state index contributed by atoms with van der Waals surface area (Å²) in [4.78, 5) is 11.9. The van der Waals surface area contributed by atoms with Crippen LogP contribution in [0.4, 0.5) is 19.0 Å². The van der Waals surface area contributed by atoms with E-state index in [0.29, 0.717) is 47.3 Å². The number of anilines is 1. The van der Waals surface area contributed by atoms with Crippen molar-refractivity contribution in [3.05, 3.63) is 63.9 Å². The monoisotopic (exact) mass is 508 g/mol. The van der Waals surface area contributed by atoms with Crippen LogP contribution in [-0.4, -0.2) is 38.4 Å². The minimum absolute atomic E-state index is 0.0254. The average molecular weight is 509 g/mol. The van der Waals surface area contributed by atoms with Crippen LogP contribution < -0.4 is 4.90 Å². The number of halogens is 5. The molecule has 34 heavy (non-hydrogen) atoms. The van der Waals surface area contributed by atoms with Crippen LogP contribution in [0.15, 0.2) is 47.6 Å². The Labute approximate surface area is 201 Å². The maximum absolute atomic E-state index is 13.6. The zero-order valence-electron chi connectivity index (χ0n) is 17.6. The second kappa shape index (κ2) is 8.92. The highest BCUT2D eigenvalue weighted by Gasteiger charge is 2.38. The van der Waals surface area contributed by atoms with Crippen molar-refractivity contribution >= 4 is 51.4 Å². The van der Waals surface area contributed by atoms with Gasteiger partial charge in [-0.25, -0.2) is 4.98 Å². The lowest BCUT2D eigenvalue weighted by atomic mass is 10.1. The number of alkyl halides is 3. The van der Waals surface area contributed by atoms with Gasteiger partial charge in [0, 0.05) is 41.5 Å². The van der Waals surface area contributed by atoms with Gasteiger partial charge in [-0.3, -0.25) is 4.40 Å². The molecule has 1 aliphatic rings. The predicted octanol–water partition coefficient (Wildman–Crippen LogP) is 5.78. The number of nitrogens with zero attached hydrogens (tertiary/aromatic N) is 6. The van der Waals surface area contributed by atoms with E-state index < -0.39 is 12.0 Å². The highest BCUT2D eigenvalue weighted by atomic mass is 35.5. The van der Waals surface area contributed by atoms with Crippen LogP contribution in [-0.2, 0) is 17.6 Å². The quantitative estimate of drug-likeness (QED) is 0.327. The molecule has 2 aromatic carbocycles. The number of hydrogen-bond acceptors (Lipinski definition) is 6. The van der Waals surface area contributed by atoms with E-state index in [1.807, 2.05) is 23.1 Å². The Kier molecular flexibility index (Phi) is 5.95. The first-order chi connectivity index (χ1) is 16.3. The van der Waals surface area contributed by atoms with Crippen LogP contribution in [0, 0.1) is 0 Å². The highest BCUT2D eigenvalue weighted by Crippen LogP contribution is 2.34. The first-order valence-electron chi connectivity index (χ1n) is 10.4. The van der Waals surface area contributed by atoms with Gasteiger partial charge in [0.05, 0.1) is 16.7 Å². The highest BCUT2D eigenvalue weighted by molar-refractivity contribution is 6.31. The normalized spacial score (nSPS) is 14.7. The summed E-state index contributed by atoms with van der Waals surface area (Å²) in [7, 11) is 0. The van der Waals surface area contributed by atoms with Gasteiger partial charge in [-0.1, -0.05) is 46.6 Å². The Morgan fingerprint density at radius 2 is 1.79 bits per heavy atom. The van der Waals surface area contributed by atoms with Gasteiger partial charge in [-0.05, 0) is 24.3 Å². The molecule has 0 spiro atoms. The van der Waals surface area contributed by atoms with E-state index in [1.165, 1.54) is 6.07 Å². The maximum atomic E-state index is 13.6. The fourth-order valence-electron chi connectivity index (χ4n) is 3.86. The number of fused-ring (bicyclic) bond motifs is 3. The molecule has 0 bridgehead atoms. The number of oxime groups is 1. The van der Waals surface area contributed by atoms with Crippen molar-refractivity contribution in [3.8, 4) is 0 Å². The summed E-state index contributed by atoms with van der Waals surface area (Å²) in [5, 5.41) is 12.4. The fourth-order valence-corrected chi connectivity index (χ4v) is 4.22. The van der Waals surface area contributed by atoms with Gasteiger partial charge in [0.15, 0.2) is 5.82 Å². The van der Waals surface area contributed by atoms with E-state index in [9.17, 15) is 13.2 Å². The first kappa shape index (κ1) is 22.7. The third-order valence-corrected chi connectivity index (χ3v) is 6.14. The van der Waals surface area contributed by atoms with Gasteiger partial charge in [-0.15, -0.1) is 10.2 Å². The molecule has 7 nitrogen and oxygen atoms in total. The number of hydrogen-bond donors (Lipinski definition) is 0. The minimum Gasteiger partial charge on any atom is -0.391 e. The Balaban J connectivity index is 1.40. The van der Waals surface area contributed by atoms with Crippen molar-refractivity contribution in [2.24, 2.45) is 5.16 Å². The van der Waals surface area contributed by atoms with E-state index in [4.69, 9.17) is 28.0 Å². The molecule has 2 aromatic heterocycles. The van der Waals surface area contributed by atoms with Crippen LogP contribution in [0.5, 0.6) is 0 Å². The van der Waals surface area contributed by atoms with E-state index >= 15 is 0 Å². The zero-order chi connectivity index (χ0) is 23.9. The van der Waals surface area contributed by atoms with Crippen LogP contribution in [0.1, 0.15) is 24.2 Å². The van der Waals surface area contributed by atoms with Crippen molar-refractivity contribution in [1.82, 2.24) is 19.6 Å². The summed E-state index contributed by atoms with van der Waals surface area (Å²) in [6.07, 6.45) is -3.56. The third-order valence-electron chi connectivity index (χ3n) is 5.53. The summed E-state index contributed by atoms with van der Waals surface area (Å²) in [5.41, 5.74) is 2.26. The van der Waals surface area contributed by atoms with Crippen LogP contribution in [0.25, 0.3) is 16.7 Å². The number of aromatic nitrogens is 4. The largest absolute Gasteiger partial charge is 0.452 e. The van der Waals surface area contributed by atoms with Gasteiger partial charge >= 0.3 is 6.18 Å². The molecule has 0 N–H and O–H groups in total. The molecule has 5 rings (SSSR count). The van der Waals surface area contributed by atoms with Crippen LogP contribution in [0.2, 0.25) is 10.0 Å². The van der Waals surface area contributed by atoms with E-state index in [0.717, 1.165) is 15.7 Å². The maximum Gasteiger partial charge on any atom is 0.452 e. The minimum atomic E-state index is -4.69. The lowest BCUT2D eigenvalue weighted by molar-refractivity contribution is -0.145. The summed E-state index contributed by atoms with van der Waals surface area (Å²) < 4.78 is 41.9. The average Bonchev–Trinajstić information content (AvgIpc) is 3.27. The van der Waals surface area contributed by atoms with Crippen LogP contribution >= 0.6 is 23.2 Å². The molecule has 0 unspecified atom stereocenters. The SMILES string of the molecule is FC(F)(F)c1nnc2c(N3CCC(=NOCc4ccccc4Cl)CC3)nc3ccc(Cl)cc3n12. The molecule has 0 atom stereocenters. The summed E-state index contributed by atoms with van der Waals surface area (Å²) in [5.74, 6) is -0.792. The van der Waals surface area contributed by atoms with Crippen molar-refractivity contribution < 1.29 is 18.0 Å². The first-order valence-corrected chi connectivity index (χ1v) is 11.1. The third kappa shape index (κ3) is 4.35. The van der Waals surface area contributed by atoms with Gasteiger partial charge < -0.3 is 9.74 Å².